The van der Waals surface area contributed by atoms with Gasteiger partial charge in [0.15, 0.2) is 11.5 Å². The number of aromatic nitrogens is 1. The Hall–Kier alpha value is -3.05. The van der Waals surface area contributed by atoms with Gasteiger partial charge in [-0.25, -0.2) is 5.01 Å². The van der Waals surface area contributed by atoms with E-state index in [1.54, 1.807) is 6.20 Å². The molecule has 146 valence electrons. The molecule has 0 N–H and O–H groups in total. The number of hydrogen-bond acceptors (Lipinski definition) is 5. The monoisotopic (exact) mass is 405 g/mol. The molecule has 0 saturated carbocycles. The van der Waals surface area contributed by atoms with Crippen molar-refractivity contribution in [1.82, 2.24) is 9.99 Å². The van der Waals surface area contributed by atoms with E-state index in [1.165, 1.54) is 0 Å². The first-order valence-corrected chi connectivity index (χ1v) is 10.1. The molecule has 0 fully saturated rings. The molecular weight excluding hydrogens is 386 g/mol. The molecule has 0 aliphatic carbocycles. The maximum atomic E-state index is 6.53. The average Bonchev–Trinajstić information content (AvgIpc) is 3.21. The minimum atomic E-state index is -0.433. The number of hydrazone groups is 1. The fourth-order valence-corrected chi connectivity index (χ4v) is 4.17. The summed E-state index contributed by atoms with van der Waals surface area (Å²) in [6, 6.07) is 17.8. The van der Waals surface area contributed by atoms with Gasteiger partial charge in [-0.3, -0.25) is 4.98 Å². The van der Waals surface area contributed by atoms with Crippen LogP contribution in [0.2, 0.25) is 5.02 Å². The Morgan fingerprint density at radius 2 is 1.97 bits per heavy atom. The number of halogens is 1. The quantitative estimate of drug-likeness (QED) is 0.585. The van der Waals surface area contributed by atoms with E-state index in [0.29, 0.717) is 11.6 Å². The summed E-state index contributed by atoms with van der Waals surface area (Å²) in [5.74, 6) is 1.51. The van der Waals surface area contributed by atoms with Crippen LogP contribution in [0.4, 0.5) is 0 Å². The molecule has 2 unspecified atom stereocenters. The van der Waals surface area contributed by atoms with E-state index < -0.39 is 6.23 Å². The Kier molecular flexibility index (Phi) is 4.60. The van der Waals surface area contributed by atoms with Crippen molar-refractivity contribution in [3.8, 4) is 11.5 Å². The zero-order valence-electron chi connectivity index (χ0n) is 16.0. The smallest absolute Gasteiger partial charge is 0.215 e. The van der Waals surface area contributed by atoms with Crippen LogP contribution < -0.4 is 9.47 Å². The summed E-state index contributed by atoms with van der Waals surface area (Å²) in [7, 11) is 0. The van der Waals surface area contributed by atoms with Gasteiger partial charge in [-0.2, -0.15) is 5.10 Å². The zero-order valence-corrected chi connectivity index (χ0v) is 16.7. The zero-order chi connectivity index (χ0) is 19.8. The lowest BCUT2D eigenvalue weighted by molar-refractivity contribution is -0.0211. The standard InChI is InChI=1S/C23H20ClN3O2/c1-2-28-21-11-5-9-17-20-13-19(15-7-6-12-25-14-15)26-27(20)23(29-22(17)21)16-8-3-4-10-18(16)24/h3-12,14,20,23H,2,13H2,1H3. The number of fused-ring (bicyclic) bond motifs is 3. The third-order valence-corrected chi connectivity index (χ3v) is 5.59. The van der Waals surface area contributed by atoms with Crippen LogP contribution in [0.3, 0.4) is 0 Å². The molecule has 2 aliphatic heterocycles. The number of hydrogen-bond donors (Lipinski definition) is 0. The van der Waals surface area contributed by atoms with Crippen molar-refractivity contribution in [3.63, 3.8) is 0 Å². The minimum Gasteiger partial charge on any atom is -0.490 e. The van der Waals surface area contributed by atoms with Gasteiger partial charge in [-0.05, 0) is 25.1 Å². The summed E-state index contributed by atoms with van der Waals surface area (Å²) < 4.78 is 12.3. The van der Waals surface area contributed by atoms with Crippen molar-refractivity contribution >= 4 is 17.3 Å². The summed E-state index contributed by atoms with van der Waals surface area (Å²) in [6.45, 7) is 2.54. The first kappa shape index (κ1) is 18.0. The predicted octanol–water partition coefficient (Wildman–Crippen LogP) is 5.38. The summed E-state index contributed by atoms with van der Waals surface area (Å²) in [4.78, 5) is 4.25. The highest BCUT2D eigenvalue weighted by atomic mass is 35.5. The Morgan fingerprint density at radius 1 is 1.10 bits per heavy atom. The third-order valence-electron chi connectivity index (χ3n) is 5.25. The predicted molar refractivity (Wildman–Crippen MR) is 112 cm³/mol. The molecule has 0 radical (unpaired) electrons. The Balaban J connectivity index is 1.64. The first-order valence-electron chi connectivity index (χ1n) is 9.69. The summed E-state index contributed by atoms with van der Waals surface area (Å²) >= 11 is 6.53. The molecule has 3 heterocycles. The number of benzene rings is 2. The number of rotatable bonds is 4. The molecule has 1 aromatic heterocycles. The van der Waals surface area contributed by atoms with Crippen LogP contribution in [0, 0.1) is 0 Å². The molecule has 2 aromatic carbocycles. The van der Waals surface area contributed by atoms with Crippen LogP contribution in [0.5, 0.6) is 11.5 Å². The largest absolute Gasteiger partial charge is 0.490 e. The van der Waals surface area contributed by atoms with E-state index >= 15 is 0 Å². The van der Waals surface area contributed by atoms with Crippen molar-refractivity contribution in [2.45, 2.75) is 25.6 Å². The molecule has 5 rings (SSSR count). The lowest BCUT2D eigenvalue weighted by atomic mass is 9.96. The second-order valence-corrected chi connectivity index (χ2v) is 7.39. The van der Waals surface area contributed by atoms with Gasteiger partial charge in [-0.1, -0.05) is 48.0 Å². The molecule has 0 spiro atoms. The average molecular weight is 406 g/mol. The van der Waals surface area contributed by atoms with Crippen molar-refractivity contribution in [2.75, 3.05) is 6.61 Å². The van der Waals surface area contributed by atoms with Crippen LogP contribution in [-0.4, -0.2) is 22.3 Å². The maximum Gasteiger partial charge on any atom is 0.215 e. The van der Waals surface area contributed by atoms with Crippen LogP contribution in [-0.2, 0) is 0 Å². The maximum absolute atomic E-state index is 6.53. The molecular formula is C23H20ClN3O2. The molecule has 2 atom stereocenters. The fourth-order valence-electron chi connectivity index (χ4n) is 3.94. The van der Waals surface area contributed by atoms with Gasteiger partial charge in [0, 0.05) is 40.5 Å². The van der Waals surface area contributed by atoms with E-state index in [1.807, 2.05) is 66.7 Å². The van der Waals surface area contributed by atoms with Crippen LogP contribution >= 0.6 is 11.6 Å². The van der Waals surface area contributed by atoms with Crippen LogP contribution in [0.1, 0.15) is 42.3 Å². The number of ether oxygens (including phenoxy) is 2. The van der Waals surface area contributed by atoms with Gasteiger partial charge >= 0.3 is 0 Å². The van der Waals surface area contributed by atoms with E-state index in [-0.39, 0.29) is 6.04 Å². The molecule has 0 bridgehead atoms. The second kappa shape index (κ2) is 7.41. The van der Waals surface area contributed by atoms with Gasteiger partial charge in [0.25, 0.3) is 0 Å². The normalized spacial score (nSPS) is 19.8. The van der Waals surface area contributed by atoms with E-state index in [2.05, 4.69) is 11.1 Å². The van der Waals surface area contributed by atoms with E-state index in [9.17, 15) is 0 Å². The minimum absolute atomic E-state index is 0.0376. The van der Waals surface area contributed by atoms with Crippen molar-refractivity contribution in [2.24, 2.45) is 5.10 Å². The number of para-hydroxylation sites is 1. The summed E-state index contributed by atoms with van der Waals surface area (Å²) in [5, 5.41) is 7.61. The highest BCUT2D eigenvalue weighted by Gasteiger charge is 2.42. The molecule has 29 heavy (non-hydrogen) atoms. The van der Waals surface area contributed by atoms with Crippen molar-refractivity contribution < 1.29 is 9.47 Å². The Morgan fingerprint density at radius 3 is 2.76 bits per heavy atom. The molecule has 0 saturated heterocycles. The third kappa shape index (κ3) is 3.12. The topological polar surface area (TPSA) is 47.0 Å². The Bertz CT molecular complexity index is 1070. The molecule has 5 nitrogen and oxygen atoms in total. The number of nitrogens with zero attached hydrogens (tertiary/aromatic N) is 3. The fraction of sp³-hybridized carbons (Fsp3) is 0.217. The van der Waals surface area contributed by atoms with Crippen molar-refractivity contribution in [1.29, 1.82) is 0 Å². The van der Waals surface area contributed by atoms with E-state index in [4.69, 9.17) is 26.2 Å². The van der Waals surface area contributed by atoms with Gasteiger partial charge in [0.2, 0.25) is 6.23 Å². The van der Waals surface area contributed by atoms with E-state index in [0.717, 1.165) is 40.3 Å². The number of pyridine rings is 1. The highest BCUT2D eigenvalue weighted by molar-refractivity contribution is 6.31. The van der Waals surface area contributed by atoms with Gasteiger partial charge in [0.1, 0.15) is 0 Å². The lowest BCUT2D eigenvalue weighted by Gasteiger charge is -2.39. The van der Waals surface area contributed by atoms with Crippen molar-refractivity contribution in [3.05, 3.63) is 88.7 Å². The highest BCUT2D eigenvalue weighted by Crippen LogP contribution is 2.51. The molecule has 0 amide bonds. The van der Waals surface area contributed by atoms with Gasteiger partial charge < -0.3 is 9.47 Å². The second-order valence-electron chi connectivity index (χ2n) is 6.99. The summed E-state index contributed by atoms with van der Waals surface area (Å²) in [5.41, 5.74) is 3.95. The van der Waals surface area contributed by atoms with Gasteiger partial charge in [0.05, 0.1) is 18.4 Å². The molecule has 2 aliphatic rings. The van der Waals surface area contributed by atoms with Crippen LogP contribution in [0.25, 0.3) is 0 Å². The van der Waals surface area contributed by atoms with Crippen LogP contribution in [0.15, 0.2) is 72.1 Å². The summed E-state index contributed by atoms with van der Waals surface area (Å²) in [6.07, 6.45) is 3.95. The first-order chi connectivity index (χ1) is 14.3. The Labute approximate surface area is 174 Å². The molecule has 6 heteroatoms. The molecule has 3 aromatic rings. The lowest BCUT2D eigenvalue weighted by Crippen LogP contribution is -2.34. The SMILES string of the molecule is CCOc1cccc2c1OC(c1ccccc1Cl)N1N=C(c3cccnc3)CC21. The van der Waals surface area contributed by atoms with Gasteiger partial charge in [-0.15, -0.1) is 0 Å².